The first-order chi connectivity index (χ1) is 11.1. The average Bonchev–Trinajstić information content (AvgIpc) is 2.54. The van der Waals surface area contributed by atoms with E-state index in [2.05, 4.69) is 24.1 Å². The maximum atomic E-state index is 12.0. The lowest BCUT2D eigenvalue weighted by Gasteiger charge is -2.20. The predicted molar refractivity (Wildman–Crippen MR) is 86.4 cm³/mol. The Balaban J connectivity index is 2.47. The number of nitrogens with zero attached hydrogens (tertiary/aromatic N) is 1. The molecule has 1 amide bonds. The number of rotatable bonds is 11. The lowest BCUT2D eigenvalue weighted by atomic mass is 9.99. The van der Waals surface area contributed by atoms with Crippen molar-refractivity contribution in [2.24, 2.45) is 5.92 Å². The minimum Gasteiger partial charge on any atom is -0.544 e. The molecule has 0 saturated carbocycles. The smallest absolute Gasteiger partial charge is 0.230 e. The number of amides is 1. The van der Waals surface area contributed by atoms with Crippen LogP contribution in [-0.2, 0) is 9.59 Å². The van der Waals surface area contributed by atoms with E-state index in [9.17, 15) is 14.7 Å². The van der Waals surface area contributed by atoms with Gasteiger partial charge in [0.2, 0.25) is 5.91 Å². The monoisotopic (exact) mass is 321 g/mol. The summed E-state index contributed by atoms with van der Waals surface area (Å²) < 4.78 is 0. The predicted octanol–water partition coefficient (Wildman–Crippen LogP) is 0.309. The average molecular weight is 321 g/mol. The minimum atomic E-state index is -1.20. The third-order valence-corrected chi connectivity index (χ3v) is 3.95. The maximum absolute atomic E-state index is 12.0. The number of hydrogen-bond acceptors (Lipinski definition) is 4. The van der Waals surface area contributed by atoms with E-state index in [0.29, 0.717) is 18.2 Å². The third kappa shape index (κ3) is 7.74. The largest absolute Gasteiger partial charge is 0.544 e. The minimum absolute atomic E-state index is 0.110. The first-order valence-corrected chi connectivity index (χ1v) is 8.30. The second-order valence-electron chi connectivity index (χ2n) is 5.81. The normalized spacial score (nSPS) is 13.3. The summed E-state index contributed by atoms with van der Waals surface area (Å²) in [7, 11) is 0. The van der Waals surface area contributed by atoms with Crippen molar-refractivity contribution in [3.8, 4) is 0 Å². The van der Waals surface area contributed by atoms with E-state index in [1.807, 2.05) is 0 Å². The molecule has 2 atom stereocenters. The Morgan fingerprint density at radius 2 is 2.17 bits per heavy atom. The molecule has 0 fully saturated rings. The molecule has 0 saturated heterocycles. The van der Waals surface area contributed by atoms with Gasteiger partial charge in [0.25, 0.3) is 0 Å². The van der Waals surface area contributed by atoms with E-state index in [1.165, 1.54) is 6.20 Å². The van der Waals surface area contributed by atoms with E-state index >= 15 is 0 Å². The number of nitrogens with one attached hydrogen (secondary N) is 1. The molecule has 0 aliphatic rings. The number of quaternary nitrogens is 1. The Kier molecular flexibility index (Phi) is 8.90. The second kappa shape index (κ2) is 10.7. The molecule has 1 heterocycles. The van der Waals surface area contributed by atoms with E-state index < -0.39 is 12.0 Å². The molecular formula is C17H27N3O3. The molecule has 0 unspecified atom stereocenters. The highest BCUT2D eigenvalue weighted by Crippen LogP contribution is 2.10. The summed E-state index contributed by atoms with van der Waals surface area (Å²) in [6, 6.07) is 2.56. The van der Waals surface area contributed by atoms with Crippen LogP contribution in [0.1, 0.15) is 46.0 Å². The van der Waals surface area contributed by atoms with Crippen molar-refractivity contribution in [3.05, 3.63) is 24.5 Å². The first-order valence-electron chi connectivity index (χ1n) is 8.30. The summed E-state index contributed by atoms with van der Waals surface area (Å²) in [6.07, 6.45) is 7.39. The molecule has 1 aromatic rings. The van der Waals surface area contributed by atoms with Crippen LogP contribution in [0.2, 0.25) is 0 Å². The highest BCUT2D eigenvalue weighted by atomic mass is 16.4. The van der Waals surface area contributed by atoms with E-state index in [0.717, 1.165) is 25.7 Å². The quantitative estimate of drug-likeness (QED) is 0.613. The molecule has 0 aromatic carbocycles. The number of carboxylic acid groups (broad SMARTS) is 1. The van der Waals surface area contributed by atoms with Crippen LogP contribution in [0.15, 0.2) is 24.5 Å². The van der Waals surface area contributed by atoms with Gasteiger partial charge >= 0.3 is 0 Å². The number of carbonyl (C=O) groups excluding carboxylic acids is 2. The highest BCUT2D eigenvalue weighted by Gasteiger charge is 2.20. The Morgan fingerprint density at radius 1 is 1.39 bits per heavy atom. The van der Waals surface area contributed by atoms with Gasteiger partial charge in [-0.15, -0.1) is 0 Å². The maximum Gasteiger partial charge on any atom is 0.230 e. The van der Waals surface area contributed by atoms with Gasteiger partial charge in [-0.1, -0.05) is 26.7 Å². The topological polar surface area (TPSA) is 98.7 Å². The van der Waals surface area contributed by atoms with Gasteiger partial charge in [-0.3, -0.25) is 9.78 Å². The lowest BCUT2D eigenvalue weighted by molar-refractivity contribution is -0.687. The summed E-state index contributed by atoms with van der Waals surface area (Å²) >= 11 is 0. The van der Waals surface area contributed by atoms with Crippen LogP contribution in [0.25, 0.3) is 0 Å². The van der Waals surface area contributed by atoms with Gasteiger partial charge in [0.05, 0.1) is 30.8 Å². The number of unbranched alkanes of at least 4 members (excludes halogenated alkanes) is 1. The molecule has 0 aliphatic heterocycles. The van der Waals surface area contributed by atoms with Crippen LogP contribution >= 0.6 is 0 Å². The highest BCUT2D eigenvalue weighted by molar-refractivity contribution is 5.93. The molecule has 0 spiro atoms. The van der Waals surface area contributed by atoms with Crippen molar-refractivity contribution in [1.29, 1.82) is 0 Å². The van der Waals surface area contributed by atoms with Crippen molar-refractivity contribution in [1.82, 2.24) is 4.98 Å². The molecule has 3 N–H and O–H groups in total. The number of aliphatic carboxylic acids is 1. The van der Waals surface area contributed by atoms with Crippen molar-refractivity contribution in [2.45, 2.75) is 52.0 Å². The zero-order valence-corrected chi connectivity index (χ0v) is 14.0. The lowest BCUT2D eigenvalue weighted by Crippen LogP contribution is -2.94. The Bertz CT molecular complexity index is 479. The van der Waals surface area contributed by atoms with Crippen LogP contribution in [-0.4, -0.2) is 29.4 Å². The fourth-order valence-electron chi connectivity index (χ4n) is 2.45. The summed E-state index contributed by atoms with van der Waals surface area (Å²) in [5.41, 5.74) is 0.559. The molecule has 1 rings (SSSR count). The van der Waals surface area contributed by atoms with Crippen molar-refractivity contribution in [2.75, 3.05) is 11.9 Å². The van der Waals surface area contributed by atoms with Crippen LogP contribution in [0.5, 0.6) is 0 Å². The number of pyridine rings is 1. The standard InChI is InChI=1S/C17H27N3O3/c1-3-5-7-13(4-2)11-19-15(17(22)23)10-16(21)20-14-8-6-9-18-12-14/h6,8-9,12-13,15,19H,3-5,7,10-11H2,1-2H3,(H,20,21)(H,22,23)/t13-,15-/m1/s1. The molecular weight excluding hydrogens is 294 g/mol. The SMILES string of the molecule is CCCC[C@@H](CC)C[NH2+][C@H](CC(=O)Nc1cccnc1)C(=O)[O-]. The van der Waals surface area contributed by atoms with Gasteiger partial charge in [0.15, 0.2) is 0 Å². The van der Waals surface area contributed by atoms with Gasteiger partial charge < -0.3 is 20.5 Å². The summed E-state index contributed by atoms with van der Waals surface area (Å²) in [4.78, 5) is 27.1. The fraction of sp³-hybridized carbons (Fsp3) is 0.588. The van der Waals surface area contributed by atoms with Gasteiger partial charge in [-0.25, -0.2) is 0 Å². The van der Waals surface area contributed by atoms with E-state index in [-0.39, 0.29) is 12.3 Å². The van der Waals surface area contributed by atoms with E-state index in [1.54, 1.807) is 23.6 Å². The number of aromatic nitrogens is 1. The third-order valence-electron chi connectivity index (χ3n) is 3.95. The molecule has 6 heteroatoms. The van der Waals surface area contributed by atoms with Crippen molar-refractivity contribution in [3.63, 3.8) is 0 Å². The number of anilines is 1. The van der Waals surface area contributed by atoms with Gasteiger partial charge in [-0.2, -0.15) is 0 Å². The molecule has 0 bridgehead atoms. The van der Waals surface area contributed by atoms with Crippen LogP contribution < -0.4 is 15.7 Å². The van der Waals surface area contributed by atoms with Gasteiger partial charge in [0.1, 0.15) is 6.04 Å². The second-order valence-corrected chi connectivity index (χ2v) is 5.81. The van der Waals surface area contributed by atoms with Gasteiger partial charge in [0, 0.05) is 12.1 Å². The zero-order valence-electron chi connectivity index (χ0n) is 14.0. The fourth-order valence-corrected chi connectivity index (χ4v) is 2.45. The van der Waals surface area contributed by atoms with Gasteiger partial charge in [-0.05, 0) is 25.0 Å². The molecule has 1 aromatic heterocycles. The van der Waals surface area contributed by atoms with Crippen LogP contribution in [0, 0.1) is 5.92 Å². The Labute approximate surface area is 137 Å². The van der Waals surface area contributed by atoms with Crippen molar-refractivity contribution >= 4 is 17.6 Å². The van der Waals surface area contributed by atoms with E-state index in [4.69, 9.17) is 0 Å². The molecule has 128 valence electrons. The number of carbonyl (C=O) groups is 2. The summed E-state index contributed by atoms with van der Waals surface area (Å²) in [5.74, 6) is -1.07. The summed E-state index contributed by atoms with van der Waals surface area (Å²) in [6.45, 7) is 4.95. The Hall–Kier alpha value is -1.95. The molecule has 0 aliphatic carbocycles. The molecule has 0 radical (unpaired) electrons. The van der Waals surface area contributed by atoms with Crippen molar-refractivity contribution < 1.29 is 20.0 Å². The Morgan fingerprint density at radius 3 is 2.74 bits per heavy atom. The number of carboxylic acids is 1. The number of hydrogen-bond donors (Lipinski definition) is 2. The zero-order chi connectivity index (χ0) is 17.1. The van der Waals surface area contributed by atoms with Crippen LogP contribution in [0.3, 0.4) is 0 Å². The first kappa shape index (κ1) is 19.1. The molecule has 23 heavy (non-hydrogen) atoms. The summed E-state index contributed by atoms with van der Waals surface area (Å²) in [5, 5.41) is 15.6. The molecule has 6 nitrogen and oxygen atoms in total. The van der Waals surface area contributed by atoms with Crippen LogP contribution in [0.4, 0.5) is 5.69 Å². The number of nitrogens with two attached hydrogens (primary N) is 1.